The molecule has 0 atom stereocenters. The maximum absolute atomic E-state index is 11.9. The third-order valence-electron chi connectivity index (χ3n) is 2.02. The van der Waals surface area contributed by atoms with E-state index in [1.165, 1.54) is 0 Å². The number of nitrogens with zero attached hydrogens (tertiary/aromatic N) is 2. The van der Waals surface area contributed by atoms with E-state index >= 15 is 0 Å². The van der Waals surface area contributed by atoms with Gasteiger partial charge in [0.2, 0.25) is 0 Å². The van der Waals surface area contributed by atoms with Crippen LogP contribution < -0.4 is 4.74 Å². The van der Waals surface area contributed by atoms with Crippen molar-refractivity contribution in [2.75, 3.05) is 0 Å². The summed E-state index contributed by atoms with van der Waals surface area (Å²) in [6, 6.07) is 4.82. The molecule has 0 aliphatic carbocycles. The molecule has 0 N–H and O–H groups in total. The van der Waals surface area contributed by atoms with E-state index in [2.05, 4.69) is 14.7 Å². The lowest BCUT2D eigenvalue weighted by Crippen LogP contribution is -2.03. The molecule has 0 saturated heterocycles. The molecule has 1 aromatic heterocycles. The fourth-order valence-electron chi connectivity index (χ4n) is 1.29. The Morgan fingerprint density at radius 1 is 1.11 bits per heavy atom. The van der Waals surface area contributed by atoms with E-state index in [-0.39, 0.29) is 11.6 Å². The summed E-state index contributed by atoms with van der Waals surface area (Å²) in [5.74, 6) is 0.163. The summed E-state index contributed by atoms with van der Waals surface area (Å²) in [5, 5.41) is 0.896. The standard InChI is InChI=1S/C11H6Cl2F2N2O/c12-6-1-2-9(13)8(3-6)10-16-4-7(5-17-10)18-11(14)15/h1-5,11H. The van der Waals surface area contributed by atoms with Gasteiger partial charge in [-0.05, 0) is 18.2 Å². The largest absolute Gasteiger partial charge is 0.432 e. The first kappa shape index (κ1) is 13.0. The molecule has 0 amide bonds. The number of halogens is 4. The summed E-state index contributed by atoms with van der Waals surface area (Å²) < 4.78 is 28.0. The number of rotatable bonds is 3. The SMILES string of the molecule is FC(F)Oc1cnc(-c2cc(Cl)ccc2Cl)nc1. The molecule has 0 aliphatic heterocycles. The molecular formula is C11H6Cl2F2N2O. The topological polar surface area (TPSA) is 35.0 Å². The molecule has 3 nitrogen and oxygen atoms in total. The molecule has 7 heteroatoms. The summed E-state index contributed by atoms with van der Waals surface area (Å²) in [7, 11) is 0. The van der Waals surface area contributed by atoms with Crippen molar-refractivity contribution in [3.63, 3.8) is 0 Å². The second-order valence-corrected chi connectivity index (χ2v) is 4.09. The molecule has 0 unspecified atom stereocenters. The molecular weight excluding hydrogens is 285 g/mol. The lowest BCUT2D eigenvalue weighted by atomic mass is 10.2. The number of alkyl halides is 2. The van der Waals surface area contributed by atoms with Crippen LogP contribution in [0, 0.1) is 0 Å². The lowest BCUT2D eigenvalue weighted by Gasteiger charge is -2.06. The maximum Gasteiger partial charge on any atom is 0.387 e. The van der Waals surface area contributed by atoms with E-state index in [0.717, 1.165) is 12.4 Å². The minimum absolute atomic E-state index is 0.119. The van der Waals surface area contributed by atoms with E-state index in [0.29, 0.717) is 15.6 Å². The van der Waals surface area contributed by atoms with Gasteiger partial charge in [-0.25, -0.2) is 9.97 Å². The van der Waals surface area contributed by atoms with Crippen LogP contribution in [0.25, 0.3) is 11.4 Å². The van der Waals surface area contributed by atoms with E-state index in [1.807, 2.05) is 0 Å². The molecule has 0 aliphatic rings. The molecule has 1 aromatic carbocycles. The fourth-order valence-corrected chi connectivity index (χ4v) is 1.66. The minimum atomic E-state index is -2.91. The normalized spacial score (nSPS) is 10.7. The Morgan fingerprint density at radius 2 is 1.78 bits per heavy atom. The van der Waals surface area contributed by atoms with Crippen molar-refractivity contribution in [1.82, 2.24) is 9.97 Å². The predicted molar refractivity (Wildman–Crippen MR) is 64.1 cm³/mol. The van der Waals surface area contributed by atoms with Crippen LogP contribution in [0.3, 0.4) is 0 Å². The number of benzene rings is 1. The van der Waals surface area contributed by atoms with Gasteiger partial charge in [0.05, 0.1) is 17.4 Å². The maximum atomic E-state index is 11.9. The predicted octanol–water partition coefficient (Wildman–Crippen LogP) is 4.05. The molecule has 18 heavy (non-hydrogen) atoms. The first-order chi connectivity index (χ1) is 8.56. The Hall–Kier alpha value is -1.46. The van der Waals surface area contributed by atoms with Gasteiger partial charge >= 0.3 is 6.61 Å². The van der Waals surface area contributed by atoms with Crippen molar-refractivity contribution >= 4 is 23.2 Å². The van der Waals surface area contributed by atoms with Crippen molar-refractivity contribution < 1.29 is 13.5 Å². The molecule has 0 fully saturated rings. The molecule has 0 radical (unpaired) electrons. The highest BCUT2D eigenvalue weighted by molar-refractivity contribution is 6.35. The average molecular weight is 291 g/mol. The van der Waals surface area contributed by atoms with Gasteiger partial charge in [-0.1, -0.05) is 23.2 Å². The van der Waals surface area contributed by atoms with Crippen molar-refractivity contribution in [1.29, 1.82) is 0 Å². The van der Waals surface area contributed by atoms with Gasteiger partial charge in [-0.2, -0.15) is 8.78 Å². The monoisotopic (exact) mass is 290 g/mol. The Morgan fingerprint density at radius 3 is 2.39 bits per heavy atom. The van der Waals surface area contributed by atoms with Crippen molar-refractivity contribution in [2.24, 2.45) is 0 Å². The van der Waals surface area contributed by atoms with Crippen LogP contribution in [-0.2, 0) is 0 Å². The first-order valence-electron chi connectivity index (χ1n) is 4.78. The zero-order valence-corrected chi connectivity index (χ0v) is 10.3. The number of hydrogen-bond donors (Lipinski definition) is 0. The molecule has 2 rings (SSSR count). The third-order valence-corrected chi connectivity index (χ3v) is 2.59. The van der Waals surface area contributed by atoms with Crippen molar-refractivity contribution in [3.05, 3.63) is 40.6 Å². The van der Waals surface area contributed by atoms with E-state index in [1.54, 1.807) is 18.2 Å². The van der Waals surface area contributed by atoms with Crippen molar-refractivity contribution in [3.8, 4) is 17.1 Å². The first-order valence-corrected chi connectivity index (χ1v) is 5.54. The lowest BCUT2D eigenvalue weighted by molar-refractivity contribution is -0.0503. The molecule has 0 bridgehead atoms. The van der Waals surface area contributed by atoms with Crippen LogP contribution in [0.15, 0.2) is 30.6 Å². The molecule has 1 heterocycles. The summed E-state index contributed by atoms with van der Waals surface area (Å²) in [4.78, 5) is 7.78. The quantitative estimate of drug-likeness (QED) is 0.855. The fraction of sp³-hybridized carbons (Fsp3) is 0.0909. The smallest absolute Gasteiger partial charge is 0.387 e. The zero-order valence-electron chi connectivity index (χ0n) is 8.78. The molecule has 0 saturated carbocycles. The number of aromatic nitrogens is 2. The molecule has 2 aromatic rings. The van der Waals surface area contributed by atoms with Crippen LogP contribution in [-0.4, -0.2) is 16.6 Å². The zero-order chi connectivity index (χ0) is 13.1. The van der Waals surface area contributed by atoms with Gasteiger partial charge in [-0.3, -0.25) is 0 Å². The van der Waals surface area contributed by atoms with Gasteiger partial charge < -0.3 is 4.74 Å². The highest BCUT2D eigenvalue weighted by atomic mass is 35.5. The van der Waals surface area contributed by atoms with Crippen LogP contribution in [0.5, 0.6) is 5.75 Å². The van der Waals surface area contributed by atoms with Gasteiger partial charge in [0.1, 0.15) is 0 Å². The van der Waals surface area contributed by atoms with Gasteiger partial charge in [0, 0.05) is 10.6 Å². The van der Waals surface area contributed by atoms with Gasteiger partial charge in [0.15, 0.2) is 11.6 Å². The molecule has 94 valence electrons. The summed E-state index contributed by atoms with van der Waals surface area (Å²) in [6.07, 6.45) is 2.29. The Labute approximate surface area is 111 Å². The minimum Gasteiger partial charge on any atom is -0.432 e. The van der Waals surface area contributed by atoms with Crippen molar-refractivity contribution in [2.45, 2.75) is 6.61 Å². The summed E-state index contributed by atoms with van der Waals surface area (Å²) in [5.41, 5.74) is 0.521. The number of hydrogen-bond acceptors (Lipinski definition) is 3. The number of ether oxygens (including phenoxy) is 1. The van der Waals surface area contributed by atoms with E-state index in [4.69, 9.17) is 23.2 Å². The van der Waals surface area contributed by atoms with Gasteiger partial charge in [0.25, 0.3) is 0 Å². The highest BCUT2D eigenvalue weighted by Crippen LogP contribution is 2.28. The average Bonchev–Trinajstić information content (AvgIpc) is 2.33. The van der Waals surface area contributed by atoms with E-state index in [9.17, 15) is 8.78 Å². The Bertz CT molecular complexity index is 549. The summed E-state index contributed by atoms with van der Waals surface area (Å²) in [6.45, 7) is -2.91. The van der Waals surface area contributed by atoms with Crippen LogP contribution >= 0.6 is 23.2 Å². The van der Waals surface area contributed by atoms with Crippen LogP contribution in [0.4, 0.5) is 8.78 Å². The summed E-state index contributed by atoms with van der Waals surface area (Å²) >= 11 is 11.8. The van der Waals surface area contributed by atoms with Gasteiger partial charge in [-0.15, -0.1) is 0 Å². The Kier molecular flexibility index (Phi) is 3.93. The van der Waals surface area contributed by atoms with Crippen LogP contribution in [0.1, 0.15) is 0 Å². The van der Waals surface area contributed by atoms with E-state index < -0.39 is 6.61 Å². The second kappa shape index (κ2) is 5.46. The highest BCUT2D eigenvalue weighted by Gasteiger charge is 2.09. The Balaban J connectivity index is 2.31. The van der Waals surface area contributed by atoms with Crippen LogP contribution in [0.2, 0.25) is 10.0 Å². The second-order valence-electron chi connectivity index (χ2n) is 3.25. The molecule has 0 spiro atoms. The third kappa shape index (κ3) is 3.05.